The van der Waals surface area contributed by atoms with Crippen LogP contribution in [0.15, 0.2) is 143 Å². The number of pyridine rings is 1. The molecule has 0 unspecified atom stereocenters. The minimum Gasteiger partial charge on any atom is -0.255 e. The second-order valence-corrected chi connectivity index (χ2v) is 8.79. The Morgan fingerprint density at radius 3 is 2.05 bits per heavy atom. The van der Waals surface area contributed by atoms with Gasteiger partial charge in [-0.1, -0.05) is 103 Å². The third kappa shape index (κ3) is 8.23. The smallest absolute Gasteiger partial charge is 0.160 e. The highest BCUT2D eigenvalue weighted by molar-refractivity contribution is 6.01. The van der Waals surface area contributed by atoms with Gasteiger partial charge in [0.1, 0.15) is 0 Å². The van der Waals surface area contributed by atoms with E-state index in [2.05, 4.69) is 49.9 Å². The van der Waals surface area contributed by atoms with Crippen molar-refractivity contribution in [2.75, 3.05) is 0 Å². The molecule has 0 aliphatic rings. The highest BCUT2D eigenvalue weighted by Crippen LogP contribution is 2.20. The Hall–Kier alpha value is -5.03. The van der Waals surface area contributed by atoms with Crippen molar-refractivity contribution in [1.29, 1.82) is 0 Å². The fourth-order valence-electron chi connectivity index (χ4n) is 3.80. The highest BCUT2D eigenvalue weighted by Gasteiger charge is 2.07. The quantitative estimate of drug-likeness (QED) is 0.173. The lowest BCUT2D eigenvalue weighted by molar-refractivity contribution is 1.10. The van der Waals surface area contributed by atoms with Crippen molar-refractivity contribution in [3.63, 3.8) is 0 Å². The van der Waals surface area contributed by atoms with Gasteiger partial charge in [0.15, 0.2) is 11.7 Å². The lowest BCUT2D eigenvalue weighted by Crippen LogP contribution is -1.96. The maximum atomic E-state index is 4.60. The largest absolute Gasteiger partial charge is 0.255 e. The predicted molar refractivity (Wildman–Crippen MR) is 162 cm³/mol. The third-order valence-corrected chi connectivity index (χ3v) is 5.75. The van der Waals surface area contributed by atoms with E-state index < -0.39 is 0 Å². The molecule has 0 amide bonds. The van der Waals surface area contributed by atoms with E-state index in [1.165, 1.54) is 5.56 Å². The molecule has 0 spiro atoms. The summed E-state index contributed by atoms with van der Waals surface area (Å²) >= 11 is 0. The lowest BCUT2D eigenvalue weighted by Gasteiger charge is -2.05. The van der Waals surface area contributed by atoms with Gasteiger partial charge < -0.3 is 0 Å². The normalized spacial score (nSPS) is 11.3. The van der Waals surface area contributed by atoms with Crippen LogP contribution in [0.4, 0.5) is 0 Å². The van der Waals surface area contributed by atoms with Crippen LogP contribution in [0.25, 0.3) is 22.8 Å². The molecule has 2 aromatic heterocycles. The molecule has 0 saturated heterocycles. The summed E-state index contributed by atoms with van der Waals surface area (Å²) in [4.78, 5) is 22.0. The van der Waals surface area contributed by atoms with Gasteiger partial charge in [0, 0.05) is 28.7 Å². The van der Waals surface area contributed by atoms with Gasteiger partial charge >= 0.3 is 0 Å². The summed E-state index contributed by atoms with van der Waals surface area (Å²) in [6.45, 7) is 7.56. The van der Waals surface area contributed by atoms with Gasteiger partial charge in [0.05, 0.1) is 11.4 Å². The Morgan fingerprint density at radius 1 is 0.769 bits per heavy atom. The molecule has 0 radical (unpaired) electrons. The molecule has 0 saturated carbocycles. The summed E-state index contributed by atoms with van der Waals surface area (Å²) < 4.78 is 0. The first kappa shape index (κ1) is 27.0. The van der Waals surface area contributed by atoms with Crippen molar-refractivity contribution in [2.24, 2.45) is 9.98 Å². The van der Waals surface area contributed by atoms with Crippen LogP contribution in [-0.4, -0.2) is 27.5 Å². The zero-order valence-electron chi connectivity index (χ0n) is 22.3. The molecule has 2 heterocycles. The molecule has 39 heavy (non-hydrogen) atoms. The Balaban J connectivity index is 0.000000181. The molecule has 0 aliphatic carbocycles. The first-order valence-corrected chi connectivity index (χ1v) is 12.8. The van der Waals surface area contributed by atoms with Crippen LogP contribution in [-0.2, 0) is 6.42 Å². The summed E-state index contributed by atoms with van der Waals surface area (Å²) in [5.41, 5.74) is 6.87. The minimum atomic E-state index is 0.660. The summed E-state index contributed by atoms with van der Waals surface area (Å²) in [7, 11) is 0. The van der Waals surface area contributed by atoms with Crippen LogP contribution in [0.3, 0.4) is 0 Å². The highest BCUT2D eigenvalue weighted by atomic mass is 14.9. The standard InChI is InChI=1S/C18H18N2.C16H13N3/c1-15(13-14-16-9-5-3-6-10-16)20-18(19-2)17-11-7-4-8-12-17;1-12-11-15(14-9-5-6-10-17-14)19-16(18-12)13-7-3-2-4-8-13/h3-13H,2,14H2,1H3;2-11H,1H3/b15-13-,20-18?;. The number of aromatic nitrogens is 3. The molecule has 5 heteroatoms. The first-order valence-electron chi connectivity index (χ1n) is 12.8. The second-order valence-electron chi connectivity index (χ2n) is 8.79. The SMILES string of the molecule is C=NC(=N/C(C)=C\Cc1ccccc1)c1ccccc1.Cc1cc(-c2ccccn2)nc(-c2ccccc2)n1. The number of aliphatic imine (C=N–C) groups is 2. The zero-order valence-corrected chi connectivity index (χ0v) is 22.3. The number of nitrogens with zero attached hydrogens (tertiary/aromatic N) is 5. The number of allylic oxidation sites excluding steroid dienone is 2. The van der Waals surface area contributed by atoms with E-state index in [4.69, 9.17) is 0 Å². The molecule has 5 rings (SSSR count). The number of rotatable bonds is 6. The Bertz CT molecular complexity index is 1470. The zero-order chi connectivity index (χ0) is 27.3. The molecule has 0 bridgehead atoms. The monoisotopic (exact) mass is 509 g/mol. The third-order valence-electron chi connectivity index (χ3n) is 5.75. The van der Waals surface area contributed by atoms with Gasteiger partial charge in [0.2, 0.25) is 0 Å². The molecule has 5 aromatic rings. The Labute approximate surface area is 230 Å². The molecule has 0 N–H and O–H groups in total. The number of hydrogen-bond acceptors (Lipinski definition) is 4. The number of amidine groups is 1. The predicted octanol–water partition coefficient (Wildman–Crippen LogP) is 7.79. The van der Waals surface area contributed by atoms with Crippen LogP contribution in [0.1, 0.15) is 23.7 Å². The van der Waals surface area contributed by atoms with Crippen molar-refractivity contribution in [3.05, 3.63) is 150 Å². The van der Waals surface area contributed by atoms with Gasteiger partial charge in [0.25, 0.3) is 0 Å². The maximum absolute atomic E-state index is 4.60. The van der Waals surface area contributed by atoms with Crippen LogP contribution >= 0.6 is 0 Å². The molecule has 0 aliphatic heterocycles. The Kier molecular flexibility index (Phi) is 9.73. The van der Waals surface area contributed by atoms with Crippen LogP contribution < -0.4 is 0 Å². The van der Waals surface area contributed by atoms with Gasteiger partial charge in [-0.05, 0) is 50.7 Å². The number of benzene rings is 3. The van der Waals surface area contributed by atoms with Gasteiger partial charge in [-0.15, -0.1) is 0 Å². The molecule has 192 valence electrons. The van der Waals surface area contributed by atoms with Crippen LogP contribution in [0.2, 0.25) is 0 Å². The molecule has 3 aromatic carbocycles. The van der Waals surface area contributed by atoms with E-state index in [0.717, 1.165) is 46.2 Å². The van der Waals surface area contributed by atoms with E-state index in [9.17, 15) is 0 Å². The van der Waals surface area contributed by atoms with E-state index >= 15 is 0 Å². The second kappa shape index (κ2) is 14.1. The fraction of sp³-hybridized carbons (Fsp3) is 0.0882. The van der Waals surface area contributed by atoms with E-state index in [0.29, 0.717) is 5.84 Å². The van der Waals surface area contributed by atoms with Crippen molar-refractivity contribution < 1.29 is 0 Å². The lowest BCUT2D eigenvalue weighted by atomic mass is 10.1. The summed E-state index contributed by atoms with van der Waals surface area (Å²) in [5.74, 6) is 1.40. The maximum Gasteiger partial charge on any atom is 0.160 e. The topological polar surface area (TPSA) is 63.4 Å². The summed E-state index contributed by atoms with van der Waals surface area (Å²) in [5, 5.41) is 0. The number of hydrogen-bond donors (Lipinski definition) is 0. The van der Waals surface area contributed by atoms with Crippen molar-refractivity contribution >= 4 is 12.6 Å². The minimum absolute atomic E-state index is 0.660. The average Bonchev–Trinajstić information content (AvgIpc) is 3.01. The molecular formula is C34H31N5. The van der Waals surface area contributed by atoms with Gasteiger partial charge in [-0.25, -0.2) is 20.0 Å². The summed E-state index contributed by atoms with van der Waals surface area (Å²) in [6, 6.07) is 38.0. The van der Waals surface area contributed by atoms with Crippen molar-refractivity contribution in [3.8, 4) is 22.8 Å². The van der Waals surface area contributed by atoms with Crippen LogP contribution in [0.5, 0.6) is 0 Å². The van der Waals surface area contributed by atoms with Crippen LogP contribution in [0, 0.1) is 6.92 Å². The van der Waals surface area contributed by atoms with E-state index in [1.54, 1.807) is 6.20 Å². The molecule has 0 fully saturated rings. The molecular weight excluding hydrogens is 478 g/mol. The number of aryl methyl sites for hydroxylation is 1. The molecule has 5 nitrogen and oxygen atoms in total. The molecule has 0 atom stereocenters. The van der Waals surface area contributed by atoms with Gasteiger partial charge in [-0.2, -0.15) is 0 Å². The fourth-order valence-corrected chi connectivity index (χ4v) is 3.80. The first-order chi connectivity index (χ1) is 19.1. The van der Waals surface area contributed by atoms with E-state index in [-0.39, 0.29) is 0 Å². The van der Waals surface area contributed by atoms with Crippen molar-refractivity contribution in [1.82, 2.24) is 15.0 Å². The van der Waals surface area contributed by atoms with Crippen molar-refractivity contribution in [2.45, 2.75) is 20.3 Å². The Morgan fingerprint density at radius 2 is 1.41 bits per heavy atom. The average molecular weight is 510 g/mol. The van der Waals surface area contributed by atoms with E-state index in [1.807, 2.05) is 117 Å². The van der Waals surface area contributed by atoms with Gasteiger partial charge in [-0.3, -0.25) is 4.98 Å². The summed E-state index contributed by atoms with van der Waals surface area (Å²) in [6.07, 6.45) is 4.74.